The minimum absolute atomic E-state index is 0.464. The van der Waals surface area contributed by atoms with Crippen molar-refractivity contribution in [2.75, 3.05) is 0 Å². The molecule has 0 aliphatic heterocycles. The molecule has 0 radical (unpaired) electrons. The second-order valence-electron chi connectivity index (χ2n) is 12.4. The quantitative estimate of drug-likeness (QED) is 0.186. The smallest absolute Gasteiger partial charge is 0.0622 e. The van der Waals surface area contributed by atoms with Crippen LogP contribution in [0.15, 0.2) is 170 Å². The minimum Gasteiger partial charge on any atom is -0.0622 e. The van der Waals surface area contributed by atoms with Gasteiger partial charge in [-0.05, 0) is 93.7 Å². The van der Waals surface area contributed by atoms with Gasteiger partial charge in [0.2, 0.25) is 0 Å². The molecular formula is C45H28. The molecule has 0 atom stereocenters. The van der Waals surface area contributed by atoms with E-state index in [1.807, 2.05) is 0 Å². The van der Waals surface area contributed by atoms with Gasteiger partial charge in [-0.25, -0.2) is 0 Å². The standard InChI is InChI=1S/C45H28/c1-3-15-33(16-4-1)45(34-17-5-2-6-18-34)40-21-10-9-20-38(40)43-39(28-32-12-7-8-19-35(32)44(43)45)36-26-24-31-23-22-29-13-11-14-30-25-27-37(36)42(31)41(29)30/h1-28H. The zero-order valence-electron chi connectivity index (χ0n) is 24.7. The first-order valence-electron chi connectivity index (χ1n) is 15.8. The summed E-state index contributed by atoms with van der Waals surface area (Å²) in [6.07, 6.45) is 0. The van der Waals surface area contributed by atoms with Crippen molar-refractivity contribution < 1.29 is 0 Å². The second-order valence-corrected chi connectivity index (χ2v) is 12.4. The van der Waals surface area contributed by atoms with Crippen molar-refractivity contribution in [2.24, 2.45) is 0 Å². The van der Waals surface area contributed by atoms with Crippen molar-refractivity contribution in [1.29, 1.82) is 0 Å². The highest BCUT2D eigenvalue weighted by Gasteiger charge is 2.48. The van der Waals surface area contributed by atoms with Gasteiger partial charge in [-0.2, -0.15) is 0 Å². The average Bonchev–Trinajstić information content (AvgIpc) is 3.43. The van der Waals surface area contributed by atoms with E-state index in [0.717, 1.165) is 0 Å². The Kier molecular flexibility index (Phi) is 5.02. The Hall–Kier alpha value is -5.72. The first kappa shape index (κ1) is 24.7. The minimum atomic E-state index is -0.464. The summed E-state index contributed by atoms with van der Waals surface area (Å²) in [5.41, 5.74) is 10.1. The monoisotopic (exact) mass is 568 g/mol. The number of hydrogen-bond donors (Lipinski definition) is 0. The summed E-state index contributed by atoms with van der Waals surface area (Å²) in [5.74, 6) is 0. The van der Waals surface area contributed by atoms with Crippen molar-refractivity contribution in [3.8, 4) is 22.3 Å². The van der Waals surface area contributed by atoms with Gasteiger partial charge >= 0.3 is 0 Å². The van der Waals surface area contributed by atoms with Crippen molar-refractivity contribution in [3.05, 3.63) is 192 Å². The van der Waals surface area contributed by atoms with E-state index < -0.39 is 5.41 Å². The Balaban J connectivity index is 1.43. The van der Waals surface area contributed by atoms with Crippen LogP contribution in [0.25, 0.3) is 65.3 Å². The predicted octanol–water partition coefficient (Wildman–Crippen LogP) is 11.8. The zero-order chi connectivity index (χ0) is 29.5. The maximum Gasteiger partial charge on any atom is 0.0719 e. The van der Waals surface area contributed by atoms with Crippen molar-refractivity contribution in [2.45, 2.75) is 5.41 Å². The molecule has 208 valence electrons. The van der Waals surface area contributed by atoms with Crippen molar-refractivity contribution in [1.82, 2.24) is 0 Å². The van der Waals surface area contributed by atoms with Gasteiger partial charge in [-0.3, -0.25) is 0 Å². The van der Waals surface area contributed by atoms with Crippen LogP contribution in [0.5, 0.6) is 0 Å². The van der Waals surface area contributed by atoms with Gasteiger partial charge in [0, 0.05) is 0 Å². The van der Waals surface area contributed by atoms with Gasteiger partial charge in [0.05, 0.1) is 5.41 Å². The lowest BCUT2D eigenvalue weighted by Gasteiger charge is -2.35. The zero-order valence-corrected chi connectivity index (χ0v) is 24.7. The van der Waals surface area contributed by atoms with Gasteiger partial charge in [-0.1, -0.05) is 164 Å². The largest absolute Gasteiger partial charge is 0.0719 e. The highest BCUT2D eigenvalue weighted by molar-refractivity contribution is 6.26. The SMILES string of the molecule is c1ccc(C2(c3ccccc3)c3ccccc3-c3c(-c4ccc5ccc6cccc7ccc4c5c67)cc4ccccc4c32)cc1. The molecule has 9 aromatic rings. The summed E-state index contributed by atoms with van der Waals surface area (Å²) >= 11 is 0. The van der Waals surface area contributed by atoms with Crippen LogP contribution in [0.4, 0.5) is 0 Å². The van der Waals surface area contributed by atoms with Gasteiger partial charge in [0.25, 0.3) is 0 Å². The highest BCUT2D eigenvalue weighted by Crippen LogP contribution is 2.60. The van der Waals surface area contributed by atoms with Gasteiger partial charge in [0.1, 0.15) is 0 Å². The maximum atomic E-state index is 2.45. The van der Waals surface area contributed by atoms with Gasteiger partial charge < -0.3 is 0 Å². The molecule has 0 unspecified atom stereocenters. The molecule has 0 spiro atoms. The van der Waals surface area contributed by atoms with E-state index in [-0.39, 0.29) is 0 Å². The molecule has 1 aliphatic carbocycles. The van der Waals surface area contributed by atoms with Crippen LogP contribution in [0.3, 0.4) is 0 Å². The van der Waals surface area contributed by atoms with E-state index in [9.17, 15) is 0 Å². The van der Waals surface area contributed by atoms with E-state index >= 15 is 0 Å². The van der Waals surface area contributed by atoms with E-state index in [4.69, 9.17) is 0 Å². The van der Waals surface area contributed by atoms with Crippen LogP contribution in [0.2, 0.25) is 0 Å². The van der Waals surface area contributed by atoms with Gasteiger partial charge in [0.15, 0.2) is 0 Å². The molecule has 0 heteroatoms. The van der Waals surface area contributed by atoms with E-state index in [2.05, 4.69) is 170 Å². The van der Waals surface area contributed by atoms with Crippen molar-refractivity contribution in [3.63, 3.8) is 0 Å². The molecule has 1 aliphatic rings. The third-order valence-corrected chi connectivity index (χ3v) is 10.3. The van der Waals surface area contributed by atoms with E-state index in [0.29, 0.717) is 0 Å². The Morgan fingerprint density at radius 2 is 0.911 bits per heavy atom. The topological polar surface area (TPSA) is 0 Å². The Labute approximate surface area is 262 Å². The van der Waals surface area contributed by atoms with E-state index in [1.54, 1.807) is 0 Å². The molecule has 0 N–H and O–H groups in total. The summed E-state index contributed by atoms with van der Waals surface area (Å²) in [6.45, 7) is 0. The maximum absolute atomic E-state index is 2.45. The summed E-state index contributed by atoms with van der Waals surface area (Å²) < 4.78 is 0. The fourth-order valence-corrected chi connectivity index (χ4v) is 8.50. The van der Waals surface area contributed by atoms with Gasteiger partial charge in [-0.15, -0.1) is 0 Å². The molecule has 45 heavy (non-hydrogen) atoms. The lowest BCUT2D eigenvalue weighted by atomic mass is 9.66. The fourth-order valence-electron chi connectivity index (χ4n) is 8.50. The first-order valence-corrected chi connectivity index (χ1v) is 15.8. The summed E-state index contributed by atoms with van der Waals surface area (Å²) in [4.78, 5) is 0. The summed E-state index contributed by atoms with van der Waals surface area (Å²) in [5, 5.41) is 10.5. The van der Waals surface area contributed by atoms with Crippen LogP contribution in [-0.4, -0.2) is 0 Å². The third-order valence-electron chi connectivity index (χ3n) is 10.3. The normalized spacial score (nSPS) is 13.5. The molecular weight excluding hydrogens is 540 g/mol. The van der Waals surface area contributed by atoms with Crippen LogP contribution < -0.4 is 0 Å². The molecule has 0 saturated heterocycles. The number of hydrogen-bond acceptors (Lipinski definition) is 0. The lowest BCUT2D eigenvalue weighted by Crippen LogP contribution is -2.28. The number of fused-ring (bicyclic) bond motifs is 5. The Bertz CT molecular complexity index is 2520. The molecule has 10 rings (SSSR count). The van der Waals surface area contributed by atoms with Crippen molar-refractivity contribution >= 4 is 43.1 Å². The highest BCUT2D eigenvalue weighted by atomic mass is 14.5. The third kappa shape index (κ3) is 3.21. The molecule has 0 heterocycles. The second kappa shape index (κ2) is 9.14. The lowest BCUT2D eigenvalue weighted by molar-refractivity contribution is 0.775. The molecule has 0 aromatic heterocycles. The van der Waals surface area contributed by atoms with Crippen LogP contribution in [0, 0.1) is 0 Å². The number of benzene rings is 9. The average molecular weight is 569 g/mol. The number of rotatable bonds is 3. The predicted molar refractivity (Wildman–Crippen MR) is 190 cm³/mol. The van der Waals surface area contributed by atoms with Crippen LogP contribution in [-0.2, 0) is 5.41 Å². The first-order chi connectivity index (χ1) is 22.3. The Morgan fingerprint density at radius 1 is 0.333 bits per heavy atom. The molecule has 0 amide bonds. The molecule has 0 fully saturated rings. The molecule has 9 aromatic carbocycles. The van der Waals surface area contributed by atoms with Crippen LogP contribution in [0.1, 0.15) is 22.3 Å². The summed E-state index contributed by atoms with van der Waals surface area (Å²) in [7, 11) is 0. The molecule has 0 saturated carbocycles. The van der Waals surface area contributed by atoms with Crippen LogP contribution >= 0.6 is 0 Å². The Morgan fingerprint density at radius 3 is 1.67 bits per heavy atom. The fraction of sp³-hybridized carbons (Fsp3) is 0.0222. The van der Waals surface area contributed by atoms with E-state index in [1.165, 1.54) is 87.6 Å². The summed E-state index contributed by atoms with van der Waals surface area (Å²) in [6, 6.07) is 63.4. The molecule has 0 bridgehead atoms. The molecule has 0 nitrogen and oxygen atoms in total.